The summed E-state index contributed by atoms with van der Waals surface area (Å²) in [6.07, 6.45) is 0. The molecule has 1 aliphatic heterocycles. The maximum Gasteiger partial charge on any atom is 0.262 e. The molecule has 176 valence electrons. The van der Waals surface area contributed by atoms with E-state index >= 15 is 0 Å². The van der Waals surface area contributed by atoms with Crippen LogP contribution in [0.5, 0.6) is 11.5 Å². The predicted molar refractivity (Wildman–Crippen MR) is 134 cm³/mol. The van der Waals surface area contributed by atoms with Crippen molar-refractivity contribution in [2.45, 2.75) is 17.3 Å². The first-order chi connectivity index (χ1) is 17.0. The number of ether oxygens (including phenoxy) is 2. The quantitative estimate of drug-likeness (QED) is 0.300. The number of benzene rings is 3. The van der Waals surface area contributed by atoms with Gasteiger partial charge in [-0.2, -0.15) is 0 Å². The van der Waals surface area contributed by atoms with Gasteiger partial charge in [0, 0.05) is 16.8 Å². The van der Waals surface area contributed by atoms with E-state index in [9.17, 15) is 9.59 Å². The SMILES string of the molecule is COc1cccc(-c2nnc(SC(C)C(=O)c3ccc4c(c3)NC(=O)CO4)n2-c2ccccc2)c1. The van der Waals surface area contributed by atoms with Crippen molar-refractivity contribution in [2.24, 2.45) is 0 Å². The van der Waals surface area contributed by atoms with E-state index in [0.29, 0.717) is 33.7 Å². The van der Waals surface area contributed by atoms with Crippen LogP contribution in [0, 0.1) is 0 Å². The Balaban J connectivity index is 1.47. The maximum atomic E-state index is 13.3. The monoisotopic (exact) mass is 486 g/mol. The number of thioether (sulfide) groups is 1. The van der Waals surface area contributed by atoms with Gasteiger partial charge >= 0.3 is 0 Å². The number of nitrogens with one attached hydrogen (secondary N) is 1. The summed E-state index contributed by atoms with van der Waals surface area (Å²) in [6, 6.07) is 22.4. The number of amides is 1. The molecular weight excluding hydrogens is 464 g/mol. The van der Waals surface area contributed by atoms with Gasteiger partial charge in [0.15, 0.2) is 23.4 Å². The molecule has 1 unspecified atom stereocenters. The molecule has 4 aromatic rings. The lowest BCUT2D eigenvalue weighted by atomic mass is 10.1. The van der Waals surface area contributed by atoms with Crippen LogP contribution >= 0.6 is 11.8 Å². The average molecular weight is 487 g/mol. The lowest BCUT2D eigenvalue weighted by molar-refractivity contribution is -0.118. The highest BCUT2D eigenvalue weighted by Gasteiger charge is 2.24. The van der Waals surface area contributed by atoms with Crippen molar-refractivity contribution in [2.75, 3.05) is 19.0 Å². The van der Waals surface area contributed by atoms with E-state index in [2.05, 4.69) is 15.5 Å². The normalized spacial score (nSPS) is 13.4. The molecule has 1 atom stereocenters. The molecule has 2 heterocycles. The van der Waals surface area contributed by atoms with Crippen LogP contribution in [-0.4, -0.2) is 45.4 Å². The smallest absolute Gasteiger partial charge is 0.262 e. The van der Waals surface area contributed by atoms with Crippen LogP contribution in [0.25, 0.3) is 17.1 Å². The van der Waals surface area contributed by atoms with Crippen molar-refractivity contribution in [3.8, 4) is 28.6 Å². The first kappa shape index (κ1) is 22.7. The molecule has 0 spiro atoms. The topological polar surface area (TPSA) is 95.3 Å². The molecule has 8 nitrogen and oxygen atoms in total. The summed E-state index contributed by atoms with van der Waals surface area (Å²) >= 11 is 1.32. The second-order valence-electron chi connectivity index (χ2n) is 7.88. The summed E-state index contributed by atoms with van der Waals surface area (Å²) in [4.78, 5) is 24.9. The fraction of sp³-hybridized carbons (Fsp3) is 0.154. The Kier molecular flexibility index (Phi) is 6.24. The predicted octanol–water partition coefficient (Wildman–Crippen LogP) is 4.64. The molecule has 0 saturated carbocycles. The van der Waals surface area contributed by atoms with E-state index in [-0.39, 0.29) is 18.3 Å². The summed E-state index contributed by atoms with van der Waals surface area (Å²) in [5.74, 6) is 1.57. The second-order valence-corrected chi connectivity index (χ2v) is 9.19. The number of aromatic nitrogens is 3. The zero-order valence-electron chi connectivity index (χ0n) is 19.1. The minimum atomic E-state index is -0.460. The number of hydrogen-bond acceptors (Lipinski definition) is 7. The zero-order valence-corrected chi connectivity index (χ0v) is 19.9. The van der Waals surface area contributed by atoms with Gasteiger partial charge < -0.3 is 14.8 Å². The third-order valence-corrected chi connectivity index (χ3v) is 6.57. The second kappa shape index (κ2) is 9.63. The third kappa shape index (κ3) is 4.63. The Labute approximate surface area is 206 Å². The first-order valence-electron chi connectivity index (χ1n) is 11.0. The number of rotatable bonds is 7. The Morgan fingerprint density at radius 2 is 1.91 bits per heavy atom. The molecule has 1 amide bonds. The summed E-state index contributed by atoms with van der Waals surface area (Å²) in [5, 5.41) is 11.7. The van der Waals surface area contributed by atoms with Gasteiger partial charge in [0.2, 0.25) is 0 Å². The van der Waals surface area contributed by atoms with Gasteiger partial charge in [-0.05, 0) is 49.4 Å². The molecule has 35 heavy (non-hydrogen) atoms. The molecule has 1 aromatic heterocycles. The van der Waals surface area contributed by atoms with Gasteiger partial charge in [-0.15, -0.1) is 10.2 Å². The molecular formula is C26H22N4O4S. The molecule has 0 aliphatic carbocycles. The van der Waals surface area contributed by atoms with Gasteiger partial charge in [-0.3, -0.25) is 14.2 Å². The van der Waals surface area contributed by atoms with Gasteiger partial charge in [-0.1, -0.05) is 42.1 Å². The summed E-state index contributed by atoms with van der Waals surface area (Å²) < 4.78 is 12.7. The average Bonchev–Trinajstić information content (AvgIpc) is 3.31. The van der Waals surface area contributed by atoms with Crippen LogP contribution in [0.15, 0.2) is 78.0 Å². The number of Topliss-reactive ketones (excluding diaryl/α,β-unsaturated/α-hetero) is 1. The van der Waals surface area contributed by atoms with E-state index in [0.717, 1.165) is 11.3 Å². The Hall–Kier alpha value is -4.11. The first-order valence-corrected chi connectivity index (χ1v) is 11.8. The maximum absolute atomic E-state index is 13.3. The van der Waals surface area contributed by atoms with Crippen LogP contribution in [-0.2, 0) is 4.79 Å². The highest BCUT2D eigenvalue weighted by molar-refractivity contribution is 8.00. The number of para-hydroxylation sites is 1. The molecule has 5 rings (SSSR count). The van der Waals surface area contributed by atoms with Gasteiger partial charge in [0.05, 0.1) is 18.0 Å². The van der Waals surface area contributed by atoms with Gasteiger partial charge in [-0.25, -0.2) is 0 Å². The molecule has 0 radical (unpaired) electrons. The van der Waals surface area contributed by atoms with Crippen LogP contribution in [0.3, 0.4) is 0 Å². The van der Waals surface area contributed by atoms with Crippen molar-refractivity contribution in [3.63, 3.8) is 0 Å². The van der Waals surface area contributed by atoms with Crippen LogP contribution in [0.1, 0.15) is 17.3 Å². The number of anilines is 1. The number of carbonyl (C=O) groups is 2. The Morgan fingerprint density at radius 3 is 2.71 bits per heavy atom. The van der Waals surface area contributed by atoms with Crippen LogP contribution < -0.4 is 14.8 Å². The van der Waals surface area contributed by atoms with E-state index in [1.54, 1.807) is 25.3 Å². The van der Waals surface area contributed by atoms with Crippen molar-refractivity contribution in [3.05, 3.63) is 78.4 Å². The molecule has 3 aromatic carbocycles. The van der Waals surface area contributed by atoms with E-state index in [1.807, 2.05) is 66.1 Å². The fourth-order valence-corrected chi connectivity index (χ4v) is 4.73. The standard InChI is InChI=1S/C26H22N4O4S/c1-16(24(32)17-11-12-22-21(14-17)27-23(31)15-34-22)35-26-29-28-25(18-7-6-10-20(13-18)33-2)30(26)19-8-4-3-5-9-19/h3-14,16H,15H2,1-2H3,(H,27,31). The summed E-state index contributed by atoms with van der Waals surface area (Å²) in [5.41, 5.74) is 2.70. The molecule has 9 heteroatoms. The van der Waals surface area contributed by atoms with Crippen molar-refractivity contribution in [1.82, 2.24) is 14.8 Å². The Morgan fingerprint density at radius 1 is 1.09 bits per heavy atom. The van der Waals surface area contributed by atoms with Gasteiger partial charge in [0.25, 0.3) is 5.91 Å². The third-order valence-electron chi connectivity index (χ3n) is 5.52. The fourth-order valence-electron chi connectivity index (χ4n) is 3.79. The Bertz CT molecular complexity index is 1400. The van der Waals surface area contributed by atoms with Crippen molar-refractivity contribution >= 4 is 29.1 Å². The number of hydrogen-bond donors (Lipinski definition) is 1. The van der Waals surface area contributed by atoms with Crippen molar-refractivity contribution in [1.29, 1.82) is 0 Å². The molecule has 0 saturated heterocycles. The minimum Gasteiger partial charge on any atom is -0.497 e. The molecule has 1 N–H and O–H groups in total. The number of nitrogens with zero attached hydrogens (tertiary/aromatic N) is 3. The number of fused-ring (bicyclic) bond motifs is 1. The molecule has 0 bridgehead atoms. The van der Waals surface area contributed by atoms with Crippen LogP contribution in [0.2, 0.25) is 0 Å². The largest absolute Gasteiger partial charge is 0.497 e. The van der Waals surface area contributed by atoms with Crippen molar-refractivity contribution < 1.29 is 19.1 Å². The highest BCUT2D eigenvalue weighted by atomic mass is 32.2. The van der Waals surface area contributed by atoms with Crippen LogP contribution in [0.4, 0.5) is 5.69 Å². The number of ketones is 1. The van der Waals surface area contributed by atoms with E-state index < -0.39 is 5.25 Å². The number of methoxy groups -OCH3 is 1. The lowest BCUT2D eigenvalue weighted by Crippen LogP contribution is -2.25. The molecule has 1 aliphatic rings. The minimum absolute atomic E-state index is 0.0304. The summed E-state index contributed by atoms with van der Waals surface area (Å²) in [6.45, 7) is 1.80. The molecule has 0 fully saturated rings. The zero-order chi connectivity index (χ0) is 24.4. The lowest BCUT2D eigenvalue weighted by Gasteiger charge is -2.19. The van der Waals surface area contributed by atoms with E-state index in [4.69, 9.17) is 9.47 Å². The summed E-state index contributed by atoms with van der Waals surface area (Å²) in [7, 11) is 1.62. The number of carbonyl (C=O) groups excluding carboxylic acids is 2. The van der Waals surface area contributed by atoms with Gasteiger partial charge in [0.1, 0.15) is 11.5 Å². The van der Waals surface area contributed by atoms with E-state index in [1.165, 1.54) is 11.8 Å². The highest BCUT2D eigenvalue weighted by Crippen LogP contribution is 2.34.